The molecule has 1 aromatic heterocycles. The fourth-order valence-corrected chi connectivity index (χ4v) is 4.18. The summed E-state index contributed by atoms with van der Waals surface area (Å²) in [7, 11) is 0. The quantitative estimate of drug-likeness (QED) is 0.909. The van der Waals surface area contributed by atoms with E-state index in [-0.39, 0.29) is 29.1 Å². The SMILES string of the molecule is C[C@]12CCCN(C(=O)c3cc(-c4cccc(F)c4)no3)[C@@H]1CCCN2. The molecular weight excluding hydrogens is 321 g/mol. The Morgan fingerprint density at radius 3 is 3.12 bits per heavy atom. The van der Waals surface area contributed by atoms with Crippen LogP contribution in [0.25, 0.3) is 11.3 Å². The van der Waals surface area contributed by atoms with Crippen LogP contribution in [0.1, 0.15) is 43.2 Å². The van der Waals surface area contributed by atoms with E-state index in [2.05, 4.69) is 17.4 Å². The Labute approximate surface area is 146 Å². The second kappa shape index (κ2) is 6.26. The maximum absolute atomic E-state index is 13.4. The highest BCUT2D eigenvalue weighted by atomic mass is 19.1. The predicted octanol–water partition coefficient (Wildman–Crippen LogP) is 3.23. The molecule has 1 amide bonds. The largest absolute Gasteiger partial charge is 0.350 e. The van der Waals surface area contributed by atoms with E-state index in [1.807, 2.05) is 4.90 Å². The zero-order chi connectivity index (χ0) is 17.4. The van der Waals surface area contributed by atoms with Gasteiger partial charge in [0.2, 0.25) is 5.76 Å². The Balaban J connectivity index is 1.59. The third-order valence-corrected chi connectivity index (χ3v) is 5.49. The minimum Gasteiger partial charge on any atom is -0.350 e. The molecule has 2 saturated heterocycles. The highest BCUT2D eigenvalue weighted by Crippen LogP contribution is 2.34. The van der Waals surface area contributed by atoms with Crippen molar-refractivity contribution < 1.29 is 13.7 Å². The molecule has 6 heteroatoms. The monoisotopic (exact) mass is 343 g/mol. The molecule has 3 heterocycles. The van der Waals surface area contributed by atoms with E-state index in [9.17, 15) is 9.18 Å². The number of benzene rings is 1. The molecule has 5 nitrogen and oxygen atoms in total. The first-order valence-corrected chi connectivity index (χ1v) is 8.85. The van der Waals surface area contributed by atoms with Gasteiger partial charge in [-0.3, -0.25) is 4.79 Å². The van der Waals surface area contributed by atoms with Crippen molar-refractivity contribution in [2.75, 3.05) is 13.1 Å². The van der Waals surface area contributed by atoms with Crippen molar-refractivity contribution >= 4 is 5.91 Å². The average molecular weight is 343 g/mol. The second-order valence-corrected chi connectivity index (χ2v) is 7.19. The Hall–Kier alpha value is -2.21. The second-order valence-electron chi connectivity index (χ2n) is 7.19. The molecule has 0 spiro atoms. The number of amides is 1. The van der Waals surface area contributed by atoms with Gasteiger partial charge in [-0.15, -0.1) is 0 Å². The number of hydrogen-bond acceptors (Lipinski definition) is 4. The number of likely N-dealkylation sites (tertiary alicyclic amines) is 1. The Morgan fingerprint density at radius 2 is 2.28 bits per heavy atom. The Bertz CT molecular complexity index is 786. The fourth-order valence-electron chi connectivity index (χ4n) is 4.18. The summed E-state index contributed by atoms with van der Waals surface area (Å²) in [5, 5.41) is 7.55. The summed E-state index contributed by atoms with van der Waals surface area (Å²) in [6.45, 7) is 3.94. The highest BCUT2D eigenvalue weighted by Gasteiger charge is 2.44. The van der Waals surface area contributed by atoms with Gasteiger partial charge < -0.3 is 14.7 Å². The molecule has 4 rings (SSSR count). The van der Waals surface area contributed by atoms with Gasteiger partial charge in [0.1, 0.15) is 11.5 Å². The Kier molecular flexibility index (Phi) is 4.07. The number of carbonyl (C=O) groups is 1. The summed E-state index contributed by atoms with van der Waals surface area (Å²) in [4.78, 5) is 14.9. The van der Waals surface area contributed by atoms with Crippen LogP contribution in [-0.4, -0.2) is 40.6 Å². The number of fused-ring (bicyclic) bond motifs is 1. The topological polar surface area (TPSA) is 58.4 Å². The molecule has 2 aromatic rings. The van der Waals surface area contributed by atoms with Crippen LogP contribution in [-0.2, 0) is 0 Å². The number of nitrogens with one attached hydrogen (secondary N) is 1. The van der Waals surface area contributed by atoms with Gasteiger partial charge in [0.25, 0.3) is 5.91 Å². The maximum Gasteiger partial charge on any atom is 0.292 e. The molecule has 25 heavy (non-hydrogen) atoms. The lowest BCUT2D eigenvalue weighted by Gasteiger charge is -2.51. The molecule has 2 aliphatic rings. The molecule has 2 atom stereocenters. The fraction of sp³-hybridized carbons (Fsp3) is 0.474. The van der Waals surface area contributed by atoms with Crippen molar-refractivity contribution in [2.45, 2.75) is 44.2 Å². The van der Waals surface area contributed by atoms with Crippen molar-refractivity contribution in [1.29, 1.82) is 0 Å². The zero-order valence-corrected chi connectivity index (χ0v) is 14.3. The summed E-state index contributed by atoms with van der Waals surface area (Å²) in [5.74, 6) is -0.252. The molecule has 0 unspecified atom stereocenters. The van der Waals surface area contributed by atoms with Crippen molar-refractivity contribution in [3.63, 3.8) is 0 Å². The summed E-state index contributed by atoms with van der Waals surface area (Å²) in [5.41, 5.74) is 1.05. The highest BCUT2D eigenvalue weighted by molar-refractivity contribution is 5.92. The predicted molar refractivity (Wildman–Crippen MR) is 91.6 cm³/mol. The van der Waals surface area contributed by atoms with E-state index in [4.69, 9.17) is 4.52 Å². The summed E-state index contributed by atoms with van der Waals surface area (Å²) < 4.78 is 18.7. The first-order valence-electron chi connectivity index (χ1n) is 8.85. The van der Waals surface area contributed by atoms with Gasteiger partial charge >= 0.3 is 0 Å². The van der Waals surface area contributed by atoms with E-state index in [1.54, 1.807) is 18.2 Å². The lowest BCUT2D eigenvalue weighted by molar-refractivity contribution is 0.0223. The van der Waals surface area contributed by atoms with Crippen LogP contribution < -0.4 is 5.32 Å². The standard InChI is InChI=1S/C19H22FN3O2/c1-19-8-4-10-23(17(19)7-3-9-21-19)18(24)16-12-15(22-25-16)13-5-2-6-14(20)11-13/h2,5-6,11-12,17,21H,3-4,7-10H2,1H3/t17-,19+/m1/s1. The first-order chi connectivity index (χ1) is 12.1. The molecular formula is C19H22FN3O2. The van der Waals surface area contributed by atoms with Crippen molar-refractivity contribution in [3.05, 3.63) is 41.9 Å². The number of nitrogens with zero attached hydrogens (tertiary/aromatic N) is 2. The van der Waals surface area contributed by atoms with Gasteiger partial charge in [-0.2, -0.15) is 0 Å². The minimum absolute atomic E-state index is 0.0302. The smallest absolute Gasteiger partial charge is 0.292 e. The molecule has 1 N–H and O–H groups in total. The van der Waals surface area contributed by atoms with Crippen LogP contribution in [0.3, 0.4) is 0 Å². The lowest BCUT2D eigenvalue weighted by Crippen LogP contribution is -2.65. The number of halogens is 1. The molecule has 2 aliphatic heterocycles. The molecule has 0 saturated carbocycles. The molecule has 2 fully saturated rings. The van der Waals surface area contributed by atoms with Crippen LogP contribution in [0.2, 0.25) is 0 Å². The van der Waals surface area contributed by atoms with Crippen LogP contribution in [0.4, 0.5) is 4.39 Å². The summed E-state index contributed by atoms with van der Waals surface area (Å²) >= 11 is 0. The summed E-state index contributed by atoms with van der Waals surface area (Å²) in [6, 6.07) is 7.91. The van der Waals surface area contributed by atoms with Gasteiger partial charge in [-0.1, -0.05) is 17.3 Å². The minimum atomic E-state index is -0.339. The third-order valence-electron chi connectivity index (χ3n) is 5.49. The van der Waals surface area contributed by atoms with Gasteiger partial charge in [-0.05, 0) is 51.3 Å². The number of hydrogen-bond donors (Lipinski definition) is 1. The van der Waals surface area contributed by atoms with Crippen LogP contribution in [0.5, 0.6) is 0 Å². The molecule has 0 radical (unpaired) electrons. The Morgan fingerprint density at radius 1 is 1.40 bits per heavy atom. The zero-order valence-electron chi connectivity index (χ0n) is 14.3. The van der Waals surface area contributed by atoms with Crippen LogP contribution >= 0.6 is 0 Å². The van der Waals surface area contributed by atoms with Gasteiger partial charge in [-0.25, -0.2) is 4.39 Å². The number of aromatic nitrogens is 1. The number of piperidine rings is 2. The van der Waals surface area contributed by atoms with Crippen LogP contribution in [0, 0.1) is 5.82 Å². The first kappa shape index (κ1) is 16.3. The van der Waals surface area contributed by atoms with Gasteiger partial charge in [0.15, 0.2) is 0 Å². The van der Waals surface area contributed by atoms with Crippen molar-refractivity contribution in [1.82, 2.24) is 15.4 Å². The maximum atomic E-state index is 13.4. The number of rotatable bonds is 2. The van der Waals surface area contributed by atoms with E-state index in [1.165, 1.54) is 12.1 Å². The number of carbonyl (C=O) groups excluding carboxylic acids is 1. The molecule has 0 aliphatic carbocycles. The van der Waals surface area contributed by atoms with E-state index >= 15 is 0 Å². The van der Waals surface area contributed by atoms with Crippen LogP contribution in [0.15, 0.2) is 34.9 Å². The molecule has 1 aromatic carbocycles. The normalized spacial score (nSPS) is 26.3. The van der Waals surface area contributed by atoms with Crippen molar-refractivity contribution in [3.8, 4) is 11.3 Å². The van der Waals surface area contributed by atoms with Gasteiger partial charge in [0.05, 0.1) is 6.04 Å². The van der Waals surface area contributed by atoms with E-state index in [0.29, 0.717) is 11.3 Å². The molecule has 0 bridgehead atoms. The van der Waals surface area contributed by atoms with Gasteiger partial charge in [0, 0.05) is 23.7 Å². The summed E-state index contributed by atoms with van der Waals surface area (Å²) in [6.07, 6.45) is 4.11. The van der Waals surface area contributed by atoms with E-state index in [0.717, 1.165) is 38.8 Å². The van der Waals surface area contributed by atoms with E-state index < -0.39 is 0 Å². The lowest BCUT2D eigenvalue weighted by atomic mass is 9.78. The third kappa shape index (κ3) is 2.95. The molecule has 132 valence electrons. The average Bonchev–Trinajstić information content (AvgIpc) is 3.10. The van der Waals surface area contributed by atoms with Crippen molar-refractivity contribution in [2.24, 2.45) is 0 Å².